The second-order valence-electron chi connectivity index (χ2n) is 6.33. The van der Waals surface area contributed by atoms with Gasteiger partial charge in [-0.05, 0) is 48.0 Å². The van der Waals surface area contributed by atoms with Gasteiger partial charge in [0.15, 0.2) is 5.58 Å². The van der Waals surface area contributed by atoms with Crippen molar-refractivity contribution in [3.63, 3.8) is 0 Å². The summed E-state index contributed by atoms with van der Waals surface area (Å²) >= 11 is 12.5. The van der Waals surface area contributed by atoms with Crippen LogP contribution in [0.4, 0.5) is 0 Å². The van der Waals surface area contributed by atoms with E-state index >= 15 is 0 Å². The largest absolute Gasteiger partial charge is 0.497 e. The second-order valence-corrected chi connectivity index (χ2v) is 7.15. The first kappa shape index (κ1) is 19.3. The summed E-state index contributed by atoms with van der Waals surface area (Å²) in [5.74, 6) is 0.832. The van der Waals surface area contributed by atoms with Crippen molar-refractivity contribution < 1.29 is 13.9 Å². The number of hydrogen-bond acceptors (Lipinski definition) is 4. The van der Waals surface area contributed by atoms with Crippen molar-refractivity contribution in [2.75, 3.05) is 7.11 Å². The van der Waals surface area contributed by atoms with Crippen LogP contribution in [0.1, 0.15) is 15.9 Å². The summed E-state index contributed by atoms with van der Waals surface area (Å²) in [5, 5.41) is 3.78. The molecule has 1 amide bonds. The molecule has 0 radical (unpaired) electrons. The zero-order valence-corrected chi connectivity index (χ0v) is 16.9. The van der Waals surface area contributed by atoms with E-state index in [0.717, 1.165) is 11.3 Å². The van der Waals surface area contributed by atoms with Gasteiger partial charge in [-0.2, -0.15) is 0 Å². The normalized spacial score (nSPS) is 10.9. The number of benzene rings is 3. The molecular formula is C22H16Cl2N2O3. The van der Waals surface area contributed by atoms with Crippen LogP contribution < -0.4 is 10.1 Å². The molecule has 4 rings (SSSR count). The summed E-state index contributed by atoms with van der Waals surface area (Å²) < 4.78 is 11.0. The molecule has 146 valence electrons. The molecule has 3 aromatic carbocycles. The topological polar surface area (TPSA) is 64.4 Å². The number of amides is 1. The lowest BCUT2D eigenvalue weighted by molar-refractivity contribution is 0.0951. The van der Waals surface area contributed by atoms with E-state index < -0.39 is 0 Å². The number of nitrogens with one attached hydrogen (secondary N) is 1. The molecule has 0 bridgehead atoms. The molecule has 0 aliphatic carbocycles. The van der Waals surface area contributed by atoms with Gasteiger partial charge in [-0.3, -0.25) is 4.79 Å². The molecule has 1 N–H and O–H groups in total. The maximum absolute atomic E-state index is 12.6. The number of ether oxygens (including phenoxy) is 1. The van der Waals surface area contributed by atoms with E-state index in [1.54, 1.807) is 43.5 Å². The number of carbonyl (C=O) groups excluding carboxylic acids is 1. The molecule has 0 unspecified atom stereocenters. The SMILES string of the molecule is COc1cccc(CNC(=O)c2ccc3nc(-c4c(Cl)cccc4Cl)oc3c2)c1. The van der Waals surface area contributed by atoms with Gasteiger partial charge < -0.3 is 14.5 Å². The summed E-state index contributed by atoms with van der Waals surface area (Å²) in [4.78, 5) is 17.0. The molecular weight excluding hydrogens is 411 g/mol. The number of oxazole rings is 1. The summed E-state index contributed by atoms with van der Waals surface area (Å²) in [6.45, 7) is 0.380. The Balaban J connectivity index is 1.56. The van der Waals surface area contributed by atoms with Gasteiger partial charge in [0.2, 0.25) is 5.89 Å². The van der Waals surface area contributed by atoms with Crippen LogP contribution in [-0.2, 0) is 6.54 Å². The van der Waals surface area contributed by atoms with E-state index in [2.05, 4.69) is 10.3 Å². The van der Waals surface area contributed by atoms with Crippen LogP contribution in [0.2, 0.25) is 10.0 Å². The van der Waals surface area contributed by atoms with Crippen LogP contribution in [0, 0.1) is 0 Å². The molecule has 0 atom stereocenters. The Morgan fingerprint density at radius 1 is 1.07 bits per heavy atom. The fourth-order valence-electron chi connectivity index (χ4n) is 2.94. The van der Waals surface area contributed by atoms with Gasteiger partial charge in [-0.25, -0.2) is 4.98 Å². The summed E-state index contributed by atoms with van der Waals surface area (Å²) in [6, 6.07) is 17.8. The minimum Gasteiger partial charge on any atom is -0.497 e. The first-order valence-corrected chi connectivity index (χ1v) is 9.57. The van der Waals surface area contributed by atoms with Crippen LogP contribution >= 0.6 is 23.2 Å². The van der Waals surface area contributed by atoms with Crippen molar-refractivity contribution in [1.29, 1.82) is 0 Å². The minimum atomic E-state index is -0.219. The van der Waals surface area contributed by atoms with Gasteiger partial charge >= 0.3 is 0 Å². The van der Waals surface area contributed by atoms with Gasteiger partial charge in [0.05, 0.1) is 22.7 Å². The third-order valence-corrected chi connectivity index (χ3v) is 5.04. The highest BCUT2D eigenvalue weighted by molar-refractivity contribution is 6.38. The first-order valence-electron chi connectivity index (χ1n) is 8.81. The molecule has 1 heterocycles. The number of aromatic nitrogens is 1. The van der Waals surface area contributed by atoms with Gasteiger partial charge in [0.1, 0.15) is 11.3 Å². The monoisotopic (exact) mass is 426 g/mol. The zero-order valence-electron chi connectivity index (χ0n) is 15.4. The highest BCUT2D eigenvalue weighted by Crippen LogP contribution is 2.35. The molecule has 0 aliphatic heterocycles. The fraction of sp³-hybridized carbons (Fsp3) is 0.0909. The maximum Gasteiger partial charge on any atom is 0.251 e. The number of hydrogen-bond donors (Lipinski definition) is 1. The third kappa shape index (κ3) is 4.06. The lowest BCUT2D eigenvalue weighted by atomic mass is 10.1. The molecule has 4 aromatic rings. The van der Waals surface area contributed by atoms with Crippen molar-refractivity contribution in [3.05, 3.63) is 81.8 Å². The minimum absolute atomic E-state index is 0.219. The number of nitrogens with zero attached hydrogens (tertiary/aromatic N) is 1. The van der Waals surface area contributed by atoms with Crippen LogP contribution in [0.25, 0.3) is 22.6 Å². The molecule has 0 fully saturated rings. The van der Waals surface area contributed by atoms with Gasteiger partial charge in [-0.1, -0.05) is 41.4 Å². The Morgan fingerprint density at radius 3 is 2.59 bits per heavy atom. The Kier molecular flexibility index (Phi) is 5.43. The lowest BCUT2D eigenvalue weighted by Crippen LogP contribution is -2.22. The van der Waals surface area contributed by atoms with E-state index in [1.807, 2.05) is 24.3 Å². The maximum atomic E-state index is 12.6. The van der Waals surface area contributed by atoms with Gasteiger partial charge in [0, 0.05) is 12.1 Å². The van der Waals surface area contributed by atoms with Gasteiger partial charge in [0.25, 0.3) is 5.91 Å². The van der Waals surface area contributed by atoms with E-state index in [4.69, 9.17) is 32.4 Å². The number of rotatable bonds is 5. The highest BCUT2D eigenvalue weighted by atomic mass is 35.5. The molecule has 5 nitrogen and oxygen atoms in total. The Hall–Kier alpha value is -3.02. The zero-order chi connectivity index (χ0) is 20.4. The molecule has 0 saturated heterocycles. The van der Waals surface area contributed by atoms with Crippen LogP contribution in [0.15, 0.2) is 65.1 Å². The fourth-order valence-corrected chi connectivity index (χ4v) is 3.50. The summed E-state index contributed by atoms with van der Waals surface area (Å²) in [6.07, 6.45) is 0. The average Bonchev–Trinajstić information content (AvgIpc) is 3.14. The Morgan fingerprint density at radius 2 is 1.83 bits per heavy atom. The summed E-state index contributed by atoms with van der Waals surface area (Å²) in [5.41, 5.74) is 3.02. The molecule has 0 saturated carbocycles. The van der Waals surface area contributed by atoms with Crippen LogP contribution in [0.5, 0.6) is 5.75 Å². The molecule has 0 spiro atoms. The van der Waals surface area contributed by atoms with Crippen molar-refractivity contribution in [1.82, 2.24) is 10.3 Å². The van der Waals surface area contributed by atoms with E-state index in [-0.39, 0.29) is 5.91 Å². The molecule has 1 aromatic heterocycles. The van der Waals surface area contributed by atoms with E-state index in [9.17, 15) is 4.79 Å². The quantitative estimate of drug-likeness (QED) is 0.441. The predicted octanol–water partition coefficient (Wildman–Crippen LogP) is 5.74. The molecule has 29 heavy (non-hydrogen) atoms. The van der Waals surface area contributed by atoms with Crippen molar-refractivity contribution in [3.8, 4) is 17.2 Å². The predicted molar refractivity (Wildman–Crippen MR) is 114 cm³/mol. The number of halogens is 2. The number of fused-ring (bicyclic) bond motifs is 1. The highest BCUT2D eigenvalue weighted by Gasteiger charge is 2.16. The smallest absolute Gasteiger partial charge is 0.251 e. The van der Waals surface area contributed by atoms with Crippen molar-refractivity contribution >= 4 is 40.2 Å². The second kappa shape index (κ2) is 8.15. The first-order chi connectivity index (χ1) is 14.0. The Labute approximate surface area is 177 Å². The average molecular weight is 427 g/mol. The van der Waals surface area contributed by atoms with Crippen molar-refractivity contribution in [2.45, 2.75) is 6.54 Å². The van der Waals surface area contributed by atoms with Crippen molar-refractivity contribution in [2.24, 2.45) is 0 Å². The molecule has 0 aliphatic rings. The number of methoxy groups -OCH3 is 1. The van der Waals surface area contributed by atoms with Crippen LogP contribution in [0.3, 0.4) is 0 Å². The van der Waals surface area contributed by atoms with Gasteiger partial charge in [-0.15, -0.1) is 0 Å². The molecule has 7 heteroatoms. The Bertz CT molecular complexity index is 1180. The number of carbonyl (C=O) groups is 1. The van der Waals surface area contributed by atoms with E-state index in [0.29, 0.717) is 44.7 Å². The standard InChI is InChI=1S/C22H16Cl2N2O3/c1-28-15-5-2-4-13(10-15)12-25-21(27)14-8-9-18-19(11-14)29-22(26-18)20-16(23)6-3-7-17(20)24/h2-11H,12H2,1H3,(H,25,27). The third-order valence-electron chi connectivity index (χ3n) is 4.41. The van der Waals surface area contributed by atoms with Crippen LogP contribution in [-0.4, -0.2) is 18.0 Å². The lowest BCUT2D eigenvalue weighted by Gasteiger charge is -2.07. The summed E-state index contributed by atoms with van der Waals surface area (Å²) in [7, 11) is 1.61. The van der Waals surface area contributed by atoms with E-state index in [1.165, 1.54) is 0 Å².